The topological polar surface area (TPSA) is 36.3 Å². The minimum Gasteiger partial charge on any atom is -0.370 e. The van der Waals surface area contributed by atoms with Gasteiger partial charge in [-0.15, -0.1) is 0 Å². The summed E-state index contributed by atoms with van der Waals surface area (Å²) in [6.07, 6.45) is 3.12. The summed E-state index contributed by atoms with van der Waals surface area (Å²) in [5.41, 5.74) is 8.03. The van der Waals surface area contributed by atoms with Crippen LogP contribution in [0.3, 0.4) is 0 Å². The number of halogens is 1. The van der Waals surface area contributed by atoms with Crippen molar-refractivity contribution >= 4 is 40.3 Å². The van der Waals surface area contributed by atoms with Gasteiger partial charge in [-0.25, -0.2) is 0 Å². The smallest absolute Gasteiger partial charge is 0.174 e. The molecule has 4 atom stereocenters. The number of rotatable bonds is 6. The predicted molar refractivity (Wildman–Crippen MR) is 174 cm³/mol. The third-order valence-electron chi connectivity index (χ3n) is 8.63. The third kappa shape index (κ3) is 5.47. The van der Waals surface area contributed by atoms with Gasteiger partial charge in [0.1, 0.15) is 0 Å². The summed E-state index contributed by atoms with van der Waals surface area (Å²) < 4.78 is 2.40. The van der Waals surface area contributed by atoms with E-state index >= 15 is 0 Å². The van der Waals surface area contributed by atoms with Gasteiger partial charge < -0.3 is 19.7 Å². The minimum atomic E-state index is -0.100. The van der Waals surface area contributed by atoms with Gasteiger partial charge >= 0.3 is 0 Å². The Labute approximate surface area is 254 Å². The first-order valence-corrected chi connectivity index (χ1v) is 15.3. The summed E-state index contributed by atoms with van der Waals surface area (Å²) in [6.45, 7) is 12.0. The molecule has 4 heterocycles. The number of piperidine rings is 1. The maximum atomic E-state index is 7.03. The molecule has 2 aromatic heterocycles. The van der Waals surface area contributed by atoms with E-state index in [1.807, 2.05) is 18.3 Å². The van der Waals surface area contributed by atoms with Crippen molar-refractivity contribution in [1.82, 2.24) is 14.9 Å². The first-order valence-electron chi connectivity index (χ1n) is 14.6. The van der Waals surface area contributed by atoms with Gasteiger partial charge in [0, 0.05) is 42.9 Å². The highest BCUT2D eigenvalue weighted by molar-refractivity contribution is 7.80. The van der Waals surface area contributed by atoms with Gasteiger partial charge in [-0.1, -0.05) is 61.8 Å². The Bertz CT molecular complexity index is 1530. The van der Waals surface area contributed by atoms with Crippen LogP contribution in [0.15, 0.2) is 79.0 Å². The Balaban J connectivity index is 1.40. The molecular formula is C34H38ClN5S. The molecule has 0 radical (unpaired) electrons. The molecule has 41 heavy (non-hydrogen) atoms. The van der Waals surface area contributed by atoms with Gasteiger partial charge in [0.05, 0.1) is 28.5 Å². The van der Waals surface area contributed by atoms with Crippen molar-refractivity contribution in [1.29, 1.82) is 0 Å². The minimum absolute atomic E-state index is 0.0786. The lowest BCUT2D eigenvalue weighted by molar-refractivity contribution is 0.357. The number of nitrogens with zero attached hydrogens (tertiary/aromatic N) is 4. The van der Waals surface area contributed by atoms with E-state index in [4.69, 9.17) is 28.8 Å². The molecular weight excluding hydrogens is 546 g/mol. The van der Waals surface area contributed by atoms with E-state index in [-0.39, 0.29) is 12.1 Å². The lowest BCUT2D eigenvalue weighted by Crippen LogP contribution is -2.38. The molecule has 2 aliphatic rings. The Morgan fingerprint density at radius 2 is 1.68 bits per heavy atom. The average Bonchev–Trinajstić information content (AvgIpc) is 3.44. The van der Waals surface area contributed by atoms with Crippen molar-refractivity contribution in [2.45, 2.75) is 52.7 Å². The van der Waals surface area contributed by atoms with E-state index in [0.29, 0.717) is 16.9 Å². The maximum Gasteiger partial charge on any atom is 0.174 e. The van der Waals surface area contributed by atoms with E-state index in [2.05, 4.69) is 108 Å². The van der Waals surface area contributed by atoms with Crippen LogP contribution in [0.1, 0.15) is 60.6 Å². The summed E-state index contributed by atoms with van der Waals surface area (Å²) in [5, 5.41) is 5.06. The van der Waals surface area contributed by atoms with Crippen LogP contribution in [0.4, 0.5) is 11.4 Å². The zero-order chi connectivity index (χ0) is 28.7. The number of anilines is 2. The van der Waals surface area contributed by atoms with Crippen molar-refractivity contribution in [2.75, 3.05) is 22.9 Å². The number of nitrogens with one attached hydrogen (secondary N) is 1. The van der Waals surface area contributed by atoms with E-state index in [1.54, 1.807) is 0 Å². The lowest BCUT2D eigenvalue weighted by Gasteiger charge is -2.37. The molecule has 0 amide bonds. The Hall–Kier alpha value is -3.35. The van der Waals surface area contributed by atoms with E-state index in [0.717, 1.165) is 41.7 Å². The Morgan fingerprint density at radius 3 is 2.37 bits per heavy atom. The van der Waals surface area contributed by atoms with Gasteiger partial charge in [0.15, 0.2) is 5.11 Å². The number of hydrogen-bond donors (Lipinski definition) is 1. The third-order valence-corrected chi connectivity index (χ3v) is 9.25. The van der Waals surface area contributed by atoms with Crippen LogP contribution >= 0.6 is 23.8 Å². The summed E-state index contributed by atoms with van der Waals surface area (Å²) >= 11 is 13.1. The molecule has 2 aromatic carbocycles. The molecule has 2 saturated heterocycles. The standard InChI is InChI=1S/C34H38ClN5S/c1-22-16-23(2)20-38(19-22)31-14-13-27(18-29(31)35)40-33(32(37-34(40)41)30-12-8-9-15-36-30)28-17-24(3)39(25(28)4)21-26-10-6-5-7-11-26/h5-15,17-18,22-23,32-33H,16,19-21H2,1-4H3,(H,37,41)/t22-,23+,32-,33-/m0/s1. The second-order valence-electron chi connectivity index (χ2n) is 11.9. The zero-order valence-corrected chi connectivity index (χ0v) is 25.8. The van der Waals surface area contributed by atoms with Crippen molar-refractivity contribution in [3.8, 4) is 0 Å². The number of aryl methyl sites for hydroxylation is 1. The fraction of sp³-hybridized carbons (Fsp3) is 0.353. The number of thiocarbonyl (C=S) groups is 1. The fourth-order valence-corrected chi connectivity index (χ4v) is 7.49. The van der Waals surface area contributed by atoms with Gasteiger partial charge in [0.2, 0.25) is 0 Å². The van der Waals surface area contributed by atoms with Crippen LogP contribution in [0.5, 0.6) is 0 Å². The average molecular weight is 584 g/mol. The molecule has 5 nitrogen and oxygen atoms in total. The first kappa shape index (κ1) is 27.8. The van der Waals surface area contributed by atoms with E-state index in [1.165, 1.54) is 28.9 Å². The normalized spacial score (nSPS) is 22.7. The second-order valence-corrected chi connectivity index (χ2v) is 12.7. The molecule has 6 rings (SSSR count). The molecule has 0 aliphatic carbocycles. The number of pyridine rings is 1. The molecule has 1 N–H and O–H groups in total. The molecule has 2 aliphatic heterocycles. The van der Waals surface area contributed by atoms with Crippen LogP contribution in [0.25, 0.3) is 0 Å². The highest BCUT2D eigenvalue weighted by Gasteiger charge is 2.42. The molecule has 7 heteroatoms. The van der Waals surface area contributed by atoms with Crippen molar-refractivity contribution in [3.63, 3.8) is 0 Å². The largest absolute Gasteiger partial charge is 0.370 e. The molecule has 4 aromatic rings. The Kier molecular flexibility index (Phi) is 7.80. The summed E-state index contributed by atoms with van der Waals surface area (Å²) in [5.74, 6) is 1.30. The summed E-state index contributed by atoms with van der Waals surface area (Å²) in [6, 6.07) is 25.3. The van der Waals surface area contributed by atoms with Crippen LogP contribution in [-0.2, 0) is 6.54 Å². The molecule has 0 unspecified atom stereocenters. The Morgan fingerprint density at radius 1 is 0.951 bits per heavy atom. The first-order chi connectivity index (χ1) is 19.8. The van der Waals surface area contributed by atoms with Crippen molar-refractivity contribution in [3.05, 3.63) is 112 Å². The van der Waals surface area contributed by atoms with Crippen LogP contribution in [-0.4, -0.2) is 27.8 Å². The lowest BCUT2D eigenvalue weighted by atomic mass is 9.91. The predicted octanol–water partition coefficient (Wildman–Crippen LogP) is 7.86. The molecule has 2 fully saturated rings. The number of benzene rings is 2. The van der Waals surface area contributed by atoms with Crippen LogP contribution in [0.2, 0.25) is 5.02 Å². The van der Waals surface area contributed by atoms with Gasteiger partial charge in [-0.3, -0.25) is 4.98 Å². The maximum absolute atomic E-state index is 7.03. The highest BCUT2D eigenvalue weighted by Crippen LogP contribution is 2.45. The van der Waals surface area contributed by atoms with E-state index in [9.17, 15) is 0 Å². The zero-order valence-electron chi connectivity index (χ0n) is 24.2. The van der Waals surface area contributed by atoms with Gasteiger partial charge in [-0.2, -0.15) is 0 Å². The summed E-state index contributed by atoms with van der Waals surface area (Å²) in [7, 11) is 0. The van der Waals surface area contributed by atoms with Crippen molar-refractivity contribution in [2.24, 2.45) is 11.8 Å². The number of aromatic nitrogens is 2. The van der Waals surface area contributed by atoms with Crippen molar-refractivity contribution < 1.29 is 0 Å². The van der Waals surface area contributed by atoms with Crippen LogP contribution in [0, 0.1) is 25.7 Å². The van der Waals surface area contributed by atoms with Gasteiger partial charge in [0.25, 0.3) is 0 Å². The SMILES string of the molecule is Cc1cc([C@H]2[C@H](c3ccccn3)NC(=S)N2c2ccc(N3C[C@H](C)C[C@H](C)C3)c(Cl)c2)c(C)n1Cc1ccccc1. The monoisotopic (exact) mass is 583 g/mol. The fourth-order valence-electron chi connectivity index (χ4n) is 6.85. The highest BCUT2D eigenvalue weighted by atomic mass is 35.5. The molecule has 0 bridgehead atoms. The molecule has 0 saturated carbocycles. The molecule has 0 spiro atoms. The summed E-state index contributed by atoms with van der Waals surface area (Å²) in [4.78, 5) is 9.42. The quantitative estimate of drug-likeness (QED) is 0.234. The number of hydrogen-bond acceptors (Lipinski definition) is 3. The second kappa shape index (κ2) is 11.5. The van der Waals surface area contributed by atoms with E-state index < -0.39 is 0 Å². The molecule has 212 valence electrons. The van der Waals surface area contributed by atoms with Crippen LogP contribution < -0.4 is 15.1 Å². The van der Waals surface area contributed by atoms with Gasteiger partial charge in [-0.05, 0) is 91.8 Å².